The van der Waals surface area contributed by atoms with Crippen molar-refractivity contribution < 1.29 is 13.2 Å². The van der Waals surface area contributed by atoms with Gasteiger partial charge in [0.15, 0.2) is 0 Å². The van der Waals surface area contributed by atoms with Gasteiger partial charge in [-0.3, -0.25) is 9.10 Å². The minimum absolute atomic E-state index is 0.293. The molecule has 1 amide bonds. The zero-order valence-corrected chi connectivity index (χ0v) is 17.2. The van der Waals surface area contributed by atoms with Gasteiger partial charge in [0.25, 0.3) is 0 Å². The highest BCUT2D eigenvalue weighted by molar-refractivity contribution is 7.92. The van der Waals surface area contributed by atoms with Gasteiger partial charge in [0, 0.05) is 11.6 Å². The Bertz CT molecular complexity index is 701. The van der Waals surface area contributed by atoms with Crippen molar-refractivity contribution in [1.82, 2.24) is 10.2 Å². The zero-order chi connectivity index (χ0) is 19.3. The van der Waals surface area contributed by atoms with Crippen LogP contribution in [-0.2, 0) is 14.8 Å². The summed E-state index contributed by atoms with van der Waals surface area (Å²) in [6.07, 6.45) is 4.31. The topological polar surface area (TPSA) is 69.7 Å². The summed E-state index contributed by atoms with van der Waals surface area (Å²) < 4.78 is 25.6. The van der Waals surface area contributed by atoms with Gasteiger partial charge < -0.3 is 10.2 Å². The van der Waals surface area contributed by atoms with Crippen LogP contribution in [0.15, 0.2) is 24.3 Å². The first-order chi connectivity index (χ1) is 12.2. The van der Waals surface area contributed by atoms with Crippen LogP contribution < -0.4 is 9.62 Å². The summed E-state index contributed by atoms with van der Waals surface area (Å²) in [6.45, 7) is 4.34. The van der Waals surface area contributed by atoms with Crippen molar-refractivity contribution in [3.63, 3.8) is 0 Å². The Kier molecular flexibility index (Phi) is 7.32. The van der Waals surface area contributed by atoms with Crippen molar-refractivity contribution in [2.45, 2.75) is 32.2 Å². The molecular formula is C18H28ClN3O3S. The molecule has 8 heteroatoms. The second-order valence-corrected chi connectivity index (χ2v) is 9.33. The molecule has 0 saturated carbocycles. The van der Waals surface area contributed by atoms with Crippen LogP contribution >= 0.6 is 11.6 Å². The van der Waals surface area contributed by atoms with Crippen molar-refractivity contribution in [2.24, 2.45) is 5.92 Å². The standard InChI is InChI=1S/C18H28ClN3O3S/c1-14(18(23)20-11-8-15-9-12-21(2)13-10-15)22(26(3,24)25)17-6-4-16(19)5-7-17/h4-7,14-15H,8-13H2,1-3H3,(H,20,23)/t14-/m1/s1. The summed E-state index contributed by atoms with van der Waals surface area (Å²) in [5.74, 6) is 0.322. The highest BCUT2D eigenvalue weighted by Gasteiger charge is 2.29. The number of nitrogens with zero attached hydrogens (tertiary/aromatic N) is 2. The summed E-state index contributed by atoms with van der Waals surface area (Å²) in [5.41, 5.74) is 0.426. The molecule has 0 bridgehead atoms. The molecule has 1 aliphatic rings. The van der Waals surface area contributed by atoms with Gasteiger partial charge in [0.05, 0.1) is 11.9 Å². The van der Waals surface area contributed by atoms with E-state index in [4.69, 9.17) is 11.6 Å². The molecule has 1 atom stereocenters. The molecule has 1 aromatic carbocycles. The van der Waals surface area contributed by atoms with Crippen LogP contribution in [0.3, 0.4) is 0 Å². The van der Waals surface area contributed by atoms with Gasteiger partial charge >= 0.3 is 0 Å². The maximum absolute atomic E-state index is 12.5. The van der Waals surface area contributed by atoms with E-state index in [0.29, 0.717) is 23.2 Å². The van der Waals surface area contributed by atoms with E-state index in [9.17, 15) is 13.2 Å². The number of sulfonamides is 1. The van der Waals surface area contributed by atoms with Crippen LogP contribution in [0.25, 0.3) is 0 Å². The van der Waals surface area contributed by atoms with E-state index >= 15 is 0 Å². The van der Waals surface area contributed by atoms with Crippen LogP contribution in [0.2, 0.25) is 5.02 Å². The number of hydrogen-bond donors (Lipinski definition) is 1. The minimum Gasteiger partial charge on any atom is -0.354 e. The lowest BCUT2D eigenvalue weighted by Gasteiger charge is -2.30. The summed E-state index contributed by atoms with van der Waals surface area (Å²) >= 11 is 5.87. The van der Waals surface area contributed by atoms with E-state index in [1.165, 1.54) is 0 Å². The predicted molar refractivity (Wildman–Crippen MR) is 106 cm³/mol. The normalized spacial score (nSPS) is 17.7. The fourth-order valence-electron chi connectivity index (χ4n) is 3.29. The van der Waals surface area contributed by atoms with E-state index in [-0.39, 0.29) is 5.91 Å². The SMILES string of the molecule is C[C@H](C(=O)NCCC1CCN(C)CC1)N(c1ccc(Cl)cc1)S(C)(=O)=O. The van der Waals surface area contributed by atoms with Crippen LogP contribution in [0.1, 0.15) is 26.2 Å². The summed E-state index contributed by atoms with van der Waals surface area (Å²) in [7, 11) is -1.48. The lowest BCUT2D eigenvalue weighted by molar-refractivity contribution is -0.121. The quantitative estimate of drug-likeness (QED) is 0.761. The second-order valence-electron chi connectivity index (χ2n) is 7.04. The molecule has 0 radical (unpaired) electrons. The number of carbonyl (C=O) groups is 1. The molecule has 0 unspecified atom stereocenters. The highest BCUT2D eigenvalue weighted by Crippen LogP contribution is 2.23. The fraction of sp³-hybridized carbons (Fsp3) is 0.611. The maximum Gasteiger partial charge on any atom is 0.243 e. The number of likely N-dealkylation sites (tertiary alicyclic amines) is 1. The number of anilines is 1. The van der Waals surface area contributed by atoms with E-state index < -0.39 is 16.1 Å². The number of nitrogens with one attached hydrogen (secondary N) is 1. The Balaban J connectivity index is 1.96. The molecule has 0 aliphatic carbocycles. The lowest BCUT2D eigenvalue weighted by Crippen LogP contribution is -2.48. The van der Waals surface area contributed by atoms with Crippen molar-refractivity contribution in [2.75, 3.05) is 37.2 Å². The molecule has 0 aromatic heterocycles. The molecule has 146 valence electrons. The van der Waals surface area contributed by atoms with Crippen molar-refractivity contribution in [3.8, 4) is 0 Å². The molecule has 2 rings (SSSR count). The molecule has 26 heavy (non-hydrogen) atoms. The Morgan fingerprint density at radius 3 is 2.42 bits per heavy atom. The van der Waals surface area contributed by atoms with Gasteiger partial charge in [-0.1, -0.05) is 11.6 Å². The largest absolute Gasteiger partial charge is 0.354 e. The number of carbonyl (C=O) groups excluding carboxylic acids is 1. The average Bonchev–Trinajstić information content (AvgIpc) is 2.57. The number of hydrogen-bond acceptors (Lipinski definition) is 4. The molecule has 1 aromatic rings. The van der Waals surface area contributed by atoms with Crippen LogP contribution in [0.5, 0.6) is 0 Å². The van der Waals surface area contributed by atoms with E-state index in [1.54, 1.807) is 31.2 Å². The second kappa shape index (κ2) is 9.06. The molecule has 0 spiro atoms. The van der Waals surface area contributed by atoms with Crippen molar-refractivity contribution in [1.29, 1.82) is 0 Å². The van der Waals surface area contributed by atoms with Gasteiger partial charge in [-0.05, 0) is 76.5 Å². The van der Waals surface area contributed by atoms with Crippen LogP contribution in [-0.4, -0.2) is 58.2 Å². The molecule has 1 heterocycles. The van der Waals surface area contributed by atoms with Crippen molar-refractivity contribution >= 4 is 33.2 Å². The Morgan fingerprint density at radius 2 is 1.88 bits per heavy atom. The van der Waals surface area contributed by atoms with Crippen molar-refractivity contribution in [3.05, 3.63) is 29.3 Å². The van der Waals surface area contributed by atoms with E-state index in [2.05, 4.69) is 17.3 Å². The molecule has 6 nitrogen and oxygen atoms in total. The van der Waals surface area contributed by atoms with E-state index in [0.717, 1.165) is 42.9 Å². The third-order valence-corrected chi connectivity index (χ3v) is 6.35. The zero-order valence-electron chi connectivity index (χ0n) is 15.6. The smallest absolute Gasteiger partial charge is 0.243 e. The van der Waals surface area contributed by atoms with E-state index in [1.807, 2.05) is 0 Å². The van der Waals surface area contributed by atoms with Gasteiger partial charge in [-0.2, -0.15) is 0 Å². The molecule has 1 fully saturated rings. The third kappa shape index (κ3) is 5.86. The first kappa shape index (κ1) is 21.0. The molecule has 1 saturated heterocycles. The number of halogens is 1. The molecular weight excluding hydrogens is 374 g/mol. The Labute approximate surface area is 161 Å². The number of amides is 1. The first-order valence-electron chi connectivity index (χ1n) is 8.89. The van der Waals surface area contributed by atoms with Gasteiger partial charge in [0.1, 0.15) is 6.04 Å². The van der Waals surface area contributed by atoms with Gasteiger partial charge in [-0.25, -0.2) is 8.42 Å². The monoisotopic (exact) mass is 401 g/mol. The minimum atomic E-state index is -3.60. The number of benzene rings is 1. The molecule has 1 N–H and O–H groups in total. The summed E-state index contributed by atoms with van der Waals surface area (Å²) in [4.78, 5) is 14.8. The predicted octanol–water partition coefficient (Wildman–Crippen LogP) is 2.34. The summed E-state index contributed by atoms with van der Waals surface area (Å²) in [5, 5.41) is 3.40. The lowest BCUT2D eigenvalue weighted by atomic mass is 9.94. The Hall–Kier alpha value is -1.31. The Morgan fingerprint density at radius 1 is 1.31 bits per heavy atom. The first-order valence-corrected chi connectivity index (χ1v) is 11.1. The maximum atomic E-state index is 12.5. The highest BCUT2D eigenvalue weighted by atomic mass is 35.5. The molecule has 1 aliphatic heterocycles. The number of piperidine rings is 1. The fourth-order valence-corrected chi connectivity index (χ4v) is 4.60. The van der Waals surface area contributed by atoms with Crippen LogP contribution in [0, 0.1) is 5.92 Å². The van der Waals surface area contributed by atoms with Crippen LogP contribution in [0.4, 0.5) is 5.69 Å². The number of rotatable bonds is 7. The van der Waals surface area contributed by atoms with Gasteiger partial charge in [-0.15, -0.1) is 0 Å². The van der Waals surface area contributed by atoms with Gasteiger partial charge in [0.2, 0.25) is 15.9 Å². The summed E-state index contributed by atoms with van der Waals surface area (Å²) in [6, 6.07) is 5.60. The average molecular weight is 402 g/mol. The third-order valence-electron chi connectivity index (χ3n) is 4.86.